The number of fused-ring (bicyclic) bond motifs is 1. The van der Waals surface area contributed by atoms with Crippen molar-refractivity contribution < 1.29 is 10.2 Å². The van der Waals surface area contributed by atoms with Gasteiger partial charge in [0.2, 0.25) is 0 Å². The van der Waals surface area contributed by atoms with Crippen LogP contribution in [0.1, 0.15) is 25.8 Å². The van der Waals surface area contributed by atoms with Gasteiger partial charge in [-0.3, -0.25) is 0 Å². The number of phenolic OH excluding ortho intramolecular Hbond substituents is 1. The molecule has 3 heteroatoms. The quantitative estimate of drug-likeness (QED) is 0.819. The van der Waals surface area contributed by atoms with E-state index in [1.54, 1.807) is 6.07 Å². The van der Waals surface area contributed by atoms with E-state index >= 15 is 0 Å². The smallest absolute Gasteiger partial charge is 0.120 e. The topological polar surface area (TPSA) is 43.7 Å². The number of phenols is 1. The second-order valence-corrected chi connectivity index (χ2v) is 4.50. The number of benzene rings is 1. The lowest BCUT2D eigenvalue weighted by atomic mass is 10.0. The molecule has 2 unspecified atom stereocenters. The first-order valence-electron chi connectivity index (χ1n) is 5.89. The van der Waals surface area contributed by atoms with Crippen molar-refractivity contribution in [2.75, 3.05) is 11.4 Å². The molecule has 0 fully saturated rings. The molecule has 0 radical (unpaired) electrons. The van der Waals surface area contributed by atoms with Gasteiger partial charge in [-0.2, -0.15) is 0 Å². The third-order valence-corrected chi connectivity index (χ3v) is 3.27. The Morgan fingerprint density at radius 3 is 2.88 bits per heavy atom. The number of aliphatic hydroxyl groups excluding tert-OH is 1. The highest BCUT2D eigenvalue weighted by Gasteiger charge is 2.30. The molecule has 1 aliphatic rings. The van der Waals surface area contributed by atoms with E-state index in [9.17, 15) is 10.2 Å². The van der Waals surface area contributed by atoms with Crippen LogP contribution in [-0.2, 0) is 6.42 Å². The predicted molar refractivity (Wildman–Crippen MR) is 64.9 cm³/mol. The van der Waals surface area contributed by atoms with E-state index in [2.05, 4.69) is 11.8 Å². The molecule has 0 spiro atoms. The second-order valence-electron chi connectivity index (χ2n) is 4.50. The molecule has 1 aromatic carbocycles. The maximum absolute atomic E-state index is 9.81. The van der Waals surface area contributed by atoms with Crippen molar-refractivity contribution in [1.82, 2.24) is 0 Å². The highest BCUT2D eigenvalue weighted by molar-refractivity contribution is 5.64. The lowest BCUT2D eigenvalue weighted by Gasteiger charge is -2.26. The minimum atomic E-state index is -0.296. The molecule has 88 valence electrons. The highest BCUT2D eigenvalue weighted by Crippen LogP contribution is 2.38. The zero-order valence-electron chi connectivity index (χ0n) is 9.85. The van der Waals surface area contributed by atoms with Gasteiger partial charge in [-0.1, -0.05) is 6.07 Å². The maximum atomic E-state index is 9.81. The first-order valence-corrected chi connectivity index (χ1v) is 5.89. The molecule has 0 saturated carbocycles. The molecule has 0 amide bonds. The predicted octanol–water partition coefficient (Wildman–Crippen LogP) is 1.91. The summed E-state index contributed by atoms with van der Waals surface area (Å²) in [6, 6.07) is 5.97. The Labute approximate surface area is 96.3 Å². The summed E-state index contributed by atoms with van der Waals surface area (Å²) in [5.41, 5.74) is 2.14. The fourth-order valence-corrected chi connectivity index (χ4v) is 2.62. The van der Waals surface area contributed by atoms with Gasteiger partial charge in [0.25, 0.3) is 0 Å². The summed E-state index contributed by atoms with van der Waals surface area (Å²) in [4.78, 5) is 2.27. The molecule has 1 heterocycles. The first kappa shape index (κ1) is 11.3. The average molecular weight is 221 g/mol. The SMILES string of the molecule is CCN1c2cccc(O)c2CC1CC(C)O. The molecule has 2 rings (SSSR count). The summed E-state index contributed by atoms with van der Waals surface area (Å²) in [5, 5.41) is 19.3. The van der Waals surface area contributed by atoms with Crippen LogP contribution in [0, 0.1) is 0 Å². The Bertz CT molecular complexity index is 376. The number of aromatic hydroxyl groups is 1. The Morgan fingerprint density at radius 1 is 1.50 bits per heavy atom. The number of anilines is 1. The van der Waals surface area contributed by atoms with E-state index in [0.29, 0.717) is 11.8 Å². The largest absolute Gasteiger partial charge is 0.508 e. The lowest BCUT2D eigenvalue weighted by molar-refractivity contribution is 0.174. The van der Waals surface area contributed by atoms with Gasteiger partial charge in [0.1, 0.15) is 5.75 Å². The Hall–Kier alpha value is -1.22. The number of likely N-dealkylation sites (N-methyl/N-ethyl adjacent to an activating group) is 1. The summed E-state index contributed by atoms with van der Waals surface area (Å²) in [6.07, 6.45) is 1.29. The summed E-state index contributed by atoms with van der Waals surface area (Å²) in [7, 11) is 0. The molecule has 1 aromatic rings. The number of nitrogens with zero attached hydrogens (tertiary/aromatic N) is 1. The van der Waals surface area contributed by atoms with E-state index in [4.69, 9.17) is 0 Å². The molecule has 0 bridgehead atoms. The molecule has 16 heavy (non-hydrogen) atoms. The van der Waals surface area contributed by atoms with E-state index < -0.39 is 0 Å². The van der Waals surface area contributed by atoms with Gasteiger partial charge in [-0.05, 0) is 38.8 Å². The lowest BCUT2D eigenvalue weighted by Crippen LogP contribution is -2.34. The molecule has 0 saturated heterocycles. The normalized spacial score (nSPS) is 20.9. The van der Waals surface area contributed by atoms with E-state index in [1.807, 2.05) is 19.1 Å². The monoisotopic (exact) mass is 221 g/mol. The van der Waals surface area contributed by atoms with Crippen LogP contribution in [0.5, 0.6) is 5.75 Å². The molecule has 0 aliphatic carbocycles. The number of hydrogen-bond donors (Lipinski definition) is 2. The van der Waals surface area contributed by atoms with Crippen LogP contribution in [0.4, 0.5) is 5.69 Å². The van der Waals surface area contributed by atoms with Gasteiger partial charge >= 0.3 is 0 Å². The highest BCUT2D eigenvalue weighted by atomic mass is 16.3. The Balaban J connectivity index is 2.28. The number of aliphatic hydroxyl groups is 1. The van der Waals surface area contributed by atoms with Crippen LogP contribution < -0.4 is 4.90 Å². The molecule has 0 aromatic heterocycles. The minimum Gasteiger partial charge on any atom is -0.508 e. The summed E-state index contributed by atoms with van der Waals surface area (Å²) >= 11 is 0. The third kappa shape index (κ3) is 1.87. The van der Waals surface area contributed by atoms with Crippen molar-refractivity contribution in [2.24, 2.45) is 0 Å². The van der Waals surface area contributed by atoms with Gasteiger partial charge in [-0.25, -0.2) is 0 Å². The van der Waals surface area contributed by atoms with Crippen LogP contribution in [-0.4, -0.2) is 28.9 Å². The van der Waals surface area contributed by atoms with Gasteiger partial charge in [0.15, 0.2) is 0 Å². The molecule has 3 nitrogen and oxygen atoms in total. The van der Waals surface area contributed by atoms with Gasteiger partial charge < -0.3 is 15.1 Å². The fourth-order valence-electron chi connectivity index (χ4n) is 2.62. The maximum Gasteiger partial charge on any atom is 0.120 e. The molecular formula is C13H19NO2. The number of hydrogen-bond acceptors (Lipinski definition) is 3. The third-order valence-electron chi connectivity index (χ3n) is 3.27. The van der Waals surface area contributed by atoms with Crippen molar-refractivity contribution in [1.29, 1.82) is 0 Å². The van der Waals surface area contributed by atoms with E-state index in [1.165, 1.54) is 0 Å². The van der Waals surface area contributed by atoms with Crippen LogP contribution in [0.15, 0.2) is 18.2 Å². The second kappa shape index (κ2) is 4.34. The van der Waals surface area contributed by atoms with E-state index in [0.717, 1.165) is 30.6 Å². The van der Waals surface area contributed by atoms with Crippen LogP contribution >= 0.6 is 0 Å². The van der Waals surface area contributed by atoms with Crippen molar-refractivity contribution >= 4 is 5.69 Å². The zero-order chi connectivity index (χ0) is 11.7. The van der Waals surface area contributed by atoms with Crippen molar-refractivity contribution in [3.05, 3.63) is 23.8 Å². The Kier molecular flexibility index (Phi) is 3.06. The summed E-state index contributed by atoms with van der Waals surface area (Å²) < 4.78 is 0. The summed E-state index contributed by atoms with van der Waals surface area (Å²) in [5.74, 6) is 0.379. The molecule has 2 atom stereocenters. The average Bonchev–Trinajstić information content (AvgIpc) is 2.56. The van der Waals surface area contributed by atoms with Crippen LogP contribution in [0.25, 0.3) is 0 Å². The van der Waals surface area contributed by atoms with Gasteiger partial charge in [-0.15, -0.1) is 0 Å². The standard InChI is InChI=1S/C13H19NO2/c1-3-14-10(7-9(2)15)8-11-12(14)5-4-6-13(11)16/h4-6,9-10,15-16H,3,7-8H2,1-2H3. The number of rotatable bonds is 3. The molecule has 1 aliphatic heterocycles. The van der Waals surface area contributed by atoms with Crippen molar-refractivity contribution in [2.45, 2.75) is 38.8 Å². The molecular weight excluding hydrogens is 202 g/mol. The van der Waals surface area contributed by atoms with Crippen LogP contribution in [0.3, 0.4) is 0 Å². The Morgan fingerprint density at radius 2 is 2.25 bits per heavy atom. The minimum absolute atomic E-state index is 0.296. The van der Waals surface area contributed by atoms with Gasteiger partial charge in [0, 0.05) is 23.8 Å². The van der Waals surface area contributed by atoms with Gasteiger partial charge in [0.05, 0.1) is 6.10 Å². The first-order chi connectivity index (χ1) is 7.63. The van der Waals surface area contributed by atoms with Crippen LogP contribution in [0.2, 0.25) is 0 Å². The zero-order valence-corrected chi connectivity index (χ0v) is 9.85. The van der Waals surface area contributed by atoms with Crippen molar-refractivity contribution in [3.8, 4) is 5.75 Å². The van der Waals surface area contributed by atoms with E-state index in [-0.39, 0.29) is 6.10 Å². The molecule has 2 N–H and O–H groups in total. The summed E-state index contributed by atoms with van der Waals surface area (Å²) in [6.45, 7) is 4.83. The fraction of sp³-hybridized carbons (Fsp3) is 0.538. The van der Waals surface area contributed by atoms with Crippen molar-refractivity contribution in [3.63, 3.8) is 0 Å².